The molecule has 0 spiro atoms. The number of hydrogen-bond donors (Lipinski definition) is 0. The molecule has 50 heavy (non-hydrogen) atoms. The van der Waals surface area contributed by atoms with Gasteiger partial charge in [-0.15, -0.1) is 0 Å². The third-order valence-electron chi connectivity index (χ3n) is 9.90. The number of allylic oxidation sites excluding steroid dienone is 1. The van der Waals surface area contributed by atoms with E-state index in [2.05, 4.69) is 204 Å². The first kappa shape index (κ1) is 29.7. The van der Waals surface area contributed by atoms with Crippen LogP contribution in [0.1, 0.15) is 17.7 Å². The molecule has 0 fully saturated rings. The van der Waals surface area contributed by atoms with Gasteiger partial charge in [-0.25, -0.2) is 0 Å². The lowest BCUT2D eigenvalue weighted by atomic mass is 10.0. The van der Waals surface area contributed by atoms with E-state index in [1.165, 1.54) is 61.2 Å². The van der Waals surface area contributed by atoms with Gasteiger partial charge in [0.2, 0.25) is 0 Å². The number of aromatic nitrogens is 1. The molecule has 0 saturated heterocycles. The fourth-order valence-electron chi connectivity index (χ4n) is 7.39. The van der Waals surface area contributed by atoms with Gasteiger partial charge in [-0.1, -0.05) is 140 Å². The van der Waals surface area contributed by atoms with Gasteiger partial charge in [0.1, 0.15) is 0 Å². The fraction of sp³-hybridized carbons (Fsp3) is 0.0417. The molecule has 9 rings (SSSR count). The Morgan fingerprint density at radius 2 is 0.820 bits per heavy atom. The molecule has 1 aliphatic carbocycles. The number of rotatable bonds is 7. The fourth-order valence-corrected chi connectivity index (χ4v) is 7.39. The van der Waals surface area contributed by atoms with E-state index in [0.29, 0.717) is 0 Å². The highest BCUT2D eigenvalue weighted by atomic mass is 15.1. The van der Waals surface area contributed by atoms with Gasteiger partial charge in [-0.05, 0) is 101 Å². The molecule has 1 heterocycles. The van der Waals surface area contributed by atoms with Crippen molar-refractivity contribution in [3.63, 3.8) is 0 Å². The average Bonchev–Trinajstić information content (AvgIpc) is 3.54. The Morgan fingerprint density at radius 1 is 0.400 bits per heavy atom. The van der Waals surface area contributed by atoms with Crippen LogP contribution < -0.4 is 4.90 Å². The summed E-state index contributed by atoms with van der Waals surface area (Å²) in [5.74, 6) is 0. The molecule has 0 radical (unpaired) electrons. The van der Waals surface area contributed by atoms with Crippen LogP contribution >= 0.6 is 0 Å². The topological polar surface area (TPSA) is 8.17 Å². The first-order valence-corrected chi connectivity index (χ1v) is 17.4. The lowest BCUT2D eigenvalue weighted by molar-refractivity contribution is 0.888. The Balaban J connectivity index is 1.05. The van der Waals surface area contributed by atoms with Crippen molar-refractivity contribution >= 4 is 34.0 Å². The third kappa shape index (κ3) is 5.51. The molecular weight excluding hydrogens is 605 g/mol. The minimum Gasteiger partial charge on any atom is -0.313 e. The van der Waals surface area contributed by atoms with Crippen LogP contribution in [0.15, 0.2) is 188 Å². The maximum Gasteiger partial charge on any atom is 0.0537 e. The summed E-state index contributed by atoms with van der Waals surface area (Å²) in [7, 11) is 0. The lowest BCUT2D eigenvalue weighted by Crippen LogP contribution is -2.09. The van der Waals surface area contributed by atoms with Gasteiger partial charge in [-0.3, -0.25) is 0 Å². The zero-order valence-corrected chi connectivity index (χ0v) is 27.8. The molecule has 0 amide bonds. The Morgan fingerprint density at radius 3 is 1.32 bits per heavy atom. The van der Waals surface area contributed by atoms with E-state index in [4.69, 9.17) is 0 Å². The summed E-state index contributed by atoms with van der Waals surface area (Å²) >= 11 is 0. The van der Waals surface area contributed by atoms with Gasteiger partial charge in [-0.2, -0.15) is 0 Å². The molecular formula is C48H36N2. The molecule has 1 aliphatic rings. The first-order valence-electron chi connectivity index (χ1n) is 17.4. The summed E-state index contributed by atoms with van der Waals surface area (Å²) in [5.41, 5.74) is 15.8. The van der Waals surface area contributed by atoms with E-state index in [1.54, 1.807) is 0 Å². The van der Waals surface area contributed by atoms with Crippen LogP contribution in [0.2, 0.25) is 0 Å². The maximum atomic E-state index is 2.45. The SMILES string of the molecule is C1=Cc2c(n(-c3ccc(-c4ccc(N(c5ccc(-c6ccccc6)cc5)c5ccc(-c6ccccc6)cc5)cc4)cc3)c3ccccc23)CC1. The Labute approximate surface area is 293 Å². The number of benzene rings is 7. The Hall–Kier alpha value is -6.38. The van der Waals surface area contributed by atoms with Crippen LogP contribution in [-0.4, -0.2) is 4.57 Å². The summed E-state index contributed by atoms with van der Waals surface area (Å²) < 4.78 is 2.45. The van der Waals surface area contributed by atoms with E-state index < -0.39 is 0 Å². The van der Waals surface area contributed by atoms with Crippen molar-refractivity contribution in [2.75, 3.05) is 4.90 Å². The Kier molecular flexibility index (Phi) is 7.68. The van der Waals surface area contributed by atoms with Crippen molar-refractivity contribution in [2.24, 2.45) is 0 Å². The molecule has 1 aromatic heterocycles. The molecule has 0 N–H and O–H groups in total. The number of para-hydroxylation sites is 1. The second-order valence-corrected chi connectivity index (χ2v) is 12.9. The standard InChI is InChI=1S/C48H36N2/c1-3-11-35(12-4-1)37-19-27-41(28-20-37)49(42-29-21-38(22-30-42)36-13-5-2-6-14-36)43-31-23-39(24-32-43)40-25-33-44(34-26-40)50-47-17-9-7-15-45(47)46-16-8-10-18-48(46)50/h1-9,11-17,19-34H,10,18H2. The quantitative estimate of drug-likeness (QED) is 0.168. The predicted molar refractivity (Wildman–Crippen MR) is 212 cm³/mol. The maximum absolute atomic E-state index is 2.45. The van der Waals surface area contributed by atoms with Crippen molar-refractivity contribution < 1.29 is 0 Å². The lowest BCUT2D eigenvalue weighted by Gasteiger charge is -2.26. The normalized spacial score (nSPS) is 12.2. The number of anilines is 3. The molecule has 0 unspecified atom stereocenters. The molecule has 7 aromatic carbocycles. The van der Waals surface area contributed by atoms with Crippen molar-refractivity contribution in [3.8, 4) is 39.1 Å². The zero-order chi connectivity index (χ0) is 33.3. The highest BCUT2D eigenvalue weighted by Crippen LogP contribution is 2.38. The van der Waals surface area contributed by atoms with Gasteiger partial charge in [0, 0.05) is 39.4 Å². The summed E-state index contributed by atoms with van der Waals surface area (Å²) in [4.78, 5) is 2.34. The first-order chi connectivity index (χ1) is 24.8. The van der Waals surface area contributed by atoms with Crippen LogP contribution in [0.4, 0.5) is 17.1 Å². The average molecular weight is 641 g/mol. The molecule has 2 nitrogen and oxygen atoms in total. The van der Waals surface area contributed by atoms with E-state index in [1.807, 2.05) is 0 Å². The largest absolute Gasteiger partial charge is 0.313 e. The summed E-state index contributed by atoms with van der Waals surface area (Å²) in [6, 6.07) is 65.6. The zero-order valence-electron chi connectivity index (χ0n) is 27.8. The summed E-state index contributed by atoms with van der Waals surface area (Å²) in [5, 5.41) is 1.33. The van der Waals surface area contributed by atoms with Crippen molar-refractivity contribution in [1.82, 2.24) is 4.57 Å². The second kappa shape index (κ2) is 12.9. The highest BCUT2D eigenvalue weighted by molar-refractivity contribution is 5.93. The molecule has 2 heteroatoms. The van der Waals surface area contributed by atoms with Crippen molar-refractivity contribution in [3.05, 3.63) is 199 Å². The van der Waals surface area contributed by atoms with Gasteiger partial charge >= 0.3 is 0 Å². The van der Waals surface area contributed by atoms with Crippen LogP contribution in [0.3, 0.4) is 0 Å². The van der Waals surface area contributed by atoms with E-state index in [-0.39, 0.29) is 0 Å². The van der Waals surface area contributed by atoms with E-state index in [9.17, 15) is 0 Å². The molecule has 8 aromatic rings. The second-order valence-electron chi connectivity index (χ2n) is 12.9. The van der Waals surface area contributed by atoms with Crippen molar-refractivity contribution in [1.29, 1.82) is 0 Å². The van der Waals surface area contributed by atoms with Gasteiger partial charge in [0.25, 0.3) is 0 Å². The number of nitrogens with zero attached hydrogens (tertiary/aromatic N) is 2. The minimum absolute atomic E-state index is 1.06. The summed E-state index contributed by atoms with van der Waals surface area (Å²) in [6.07, 6.45) is 6.74. The van der Waals surface area contributed by atoms with Crippen LogP contribution in [0.25, 0.3) is 56.0 Å². The smallest absolute Gasteiger partial charge is 0.0537 e. The molecule has 238 valence electrons. The van der Waals surface area contributed by atoms with Gasteiger partial charge in [0.05, 0.1) is 5.52 Å². The van der Waals surface area contributed by atoms with E-state index >= 15 is 0 Å². The number of fused-ring (bicyclic) bond motifs is 3. The van der Waals surface area contributed by atoms with Crippen LogP contribution in [-0.2, 0) is 6.42 Å². The number of hydrogen-bond acceptors (Lipinski definition) is 1. The third-order valence-corrected chi connectivity index (χ3v) is 9.90. The van der Waals surface area contributed by atoms with E-state index in [0.717, 1.165) is 29.9 Å². The minimum atomic E-state index is 1.06. The molecule has 0 saturated carbocycles. The predicted octanol–water partition coefficient (Wildman–Crippen LogP) is 13.1. The Bertz CT molecular complexity index is 2330. The molecule has 0 atom stereocenters. The van der Waals surface area contributed by atoms with Crippen LogP contribution in [0.5, 0.6) is 0 Å². The monoisotopic (exact) mass is 640 g/mol. The van der Waals surface area contributed by atoms with Crippen molar-refractivity contribution in [2.45, 2.75) is 12.8 Å². The van der Waals surface area contributed by atoms with Gasteiger partial charge in [0.15, 0.2) is 0 Å². The molecule has 0 aliphatic heterocycles. The summed E-state index contributed by atoms with van der Waals surface area (Å²) in [6.45, 7) is 0. The highest BCUT2D eigenvalue weighted by Gasteiger charge is 2.18. The molecule has 0 bridgehead atoms. The van der Waals surface area contributed by atoms with Crippen LogP contribution in [0, 0.1) is 0 Å². The van der Waals surface area contributed by atoms with Gasteiger partial charge < -0.3 is 9.47 Å².